The zero-order chi connectivity index (χ0) is 12.4. The molecule has 2 aliphatic carbocycles. The fourth-order valence-electron chi connectivity index (χ4n) is 4.07. The van der Waals surface area contributed by atoms with E-state index in [9.17, 15) is 0 Å². The van der Waals surface area contributed by atoms with Gasteiger partial charge in [0.05, 0.1) is 0 Å². The topological polar surface area (TPSA) is 15.3 Å². The molecule has 0 spiro atoms. The molecule has 3 atom stereocenters. The van der Waals surface area contributed by atoms with Gasteiger partial charge in [-0.2, -0.15) is 0 Å². The van der Waals surface area contributed by atoms with Gasteiger partial charge in [-0.1, -0.05) is 19.8 Å². The SMILES string of the molecule is CC(CNC1CC1)CN1CCCC2CCCCC21. The first-order valence-electron chi connectivity index (χ1n) is 8.30. The quantitative estimate of drug-likeness (QED) is 0.807. The second-order valence-corrected chi connectivity index (χ2v) is 7.04. The van der Waals surface area contributed by atoms with Crippen LogP contribution in [-0.4, -0.2) is 36.6 Å². The minimum absolute atomic E-state index is 0.825. The highest BCUT2D eigenvalue weighted by molar-refractivity contribution is 4.88. The van der Waals surface area contributed by atoms with E-state index >= 15 is 0 Å². The van der Waals surface area contributed by atoms with Crippen molar-refractivity contribution >= 4 is 0 Å². The lowest BCUT2D eigenvalue weighted by molar-refractivity contribution is 0.0499. The van der Waals surface area contributed by atoms with Crippen LogP contribution in [0.3, 0.4) is 0 Å². The Bertz CT molecular complexity index is 260. The number of nitrogens with one attached hydrogen (secondary N) is 1. The van der Waals surface area contributed by atoms with Crippen molar-refractivity contribution in [3.63, 3.8) is 0 Å². The summed E-state index contributed by atoms with van der Waals surface area (Å²) in [6, 6.07) is 1.81. The molecule has 0 aromatic rings. The molecule has 0 aromatic heterocycles. The molecule has 2 saturated carbocycles. The fraction of sp³-hybridized carbons (Fsp3) is 1.00. The van der Waals surface area contributed by atoms with Crippen LogP contribution >= 0.6 is 0 Å². The average molecular weight is 250 g/mol. The van der Waals surface area contributed by atoms with Crippen LogP contribution in [0.15, 0.2) is 0 Å². The lowest BCUT2D eigenvalue weighted by atomic mass is 9.78. The third-order valence-electron chi connectivity index (χ3n) is 5.24. The highest BCUT2D eigenvalue weighted by Gasteiger charge is 2.33. The number of fused-ring (bicyclic) bond motifs is 1. The predicted molar refractivity (Wildman–Crippen MR) is 76.7 cm³/mol. The minimum atomic E-state index is 0.825. The van der Waals surface area contributed by atoms with Crippen molar-refractivity contribution in [1.29, 1.82) is 0 Å². The molecule has 18 heavy (non-hydrogen) atoms. The van der Waals surface area contributed by atoms with Gasteiger partial charge in [0.15, 0.2) is 0 Å². The molecular formula is C16H30N2. The van der Waals surface area contributed by atoms with Gasteiger partial charge in [-0.25, -0.2) is 0 Å². The Kier molecular flexibility index (Phi) is 4.25. The van der Waals surface area contributed by atoms with Crippen LogP contribution in [0, 0.1) is 11.8 Å². The van der Waals surface area contributed by atoms with Crippen molar-refractivity contribution < 1.29 is 0 Å². The number of piperidine rings is 1. The molecule has 0 bridgehead atoms. The Morgan fingerprint density at radius 3 is 2.67 bits per heavy atom. The van der Waals surface area contributed by atoms with Crippen LogP contribution in [0.4, 0.5) is 0 Å². The summed E-state index contributed by atoms with van der Waals surface area (Å²) in [7, 11) is 0. The number of rotatable bonds is 5. The van der Waals surface area contributed by atoms with E-state index in [1.807, 2.05) is 0 Å². The molecule has 2 heteroatoms. The van der Waals surface area contributed by atoms with Crippen LogP contribution in [0.5, 0.6) is 0 Å². The number of hydrogen-bond acceptors (Lipinski definition) is 2. The first-order chi connectivity index (χ1) is 8.83. The van der Waals surface area contributed by atoms with Gasteiger partial charge in [-0.05, 0) is 63.5 Å². The van der Waals surface area contributed by atoms with Crippen LogP contribution in [0.2, 0.25) is 0 Å². The third-order valence-corrected chi connectivity index (χ3v) is 5.24. The standard InChI is InChI=1S/C16H30N2/c1-13(11-17-15-8-9-15)12-18-10-4-6-14-5-2-3-7-16(14)18/h13-17H,2-12H2,1H3. The summed E-state index contributed by atoms with van der Waals surface area (Å²) in [6.07, 6.45) is 11.8. The van der Waals surface area contributed by atoms with Gasteiger partial charge in [0, 0.05) is 18.6 Å². The van der Waals surface area contributed by atoms with E-state index in [0.29, 0.717) is 0 Å². The maximum atomic E-state index is 3.69. The molecule has 1 aliphatic heterocycles. The monoisotopic (exact) mass is 250 g/mol. The Morgan fingerprint density at radius 2 is 1.83 bits per heavy atom. The van der Waals surface area contributed by atoms with Crippen molar-refractivity contribution in [2.45, 2.75) is 70.4 Å². The summed E-state index contributed by atoms with van der Waals surface area (Å²) in [4.78, 5) is 2.84. The Labute approximate surface area is 113 Å². The Balaban J connectivity index is 1.47. The van der Waals surface area contributed by atoms with E-state index in [-0.39, 0.29) is 0 Å². The maximum absolute atomic E-state index is 3.69. The van der Waals surface area contributed by atoms with Crippen molar-refractivity contribution in [3.8, 4) is 0 Å². The molecule has 1 saturated heterocycles. The van der Waals surface area contributed by atoms with Crippen molar-refractivity contribution in [3.05, 3.63) is 0 Å². The van der Waals surface area contributed by atoms with E-state index in [1.165, 1.54) is 71.0 Å². The van der Waals surface area contributed by atoms with Crippen molar-refractivity contribution in [1.82, 2.24) is 10.2 Å². The summed E-state index contributed by atoms with van der Waals surface area (Å²) >= 11 is 0. The zero-order valence-electron chi connectivity index (χ0n) is 12.0. The zero-order valence-corrected chi connectivity index (χ0v) is 12.0. The smallest absolute Gasteiger partial charge is 0.0124 e. The van der Waals surface area contributed by atoms with Gasteiger partial charge in [0.25, 0.3) is 0 Å². The highest BCUT2D eigenvalue weighted by atomic mass is 15.2. The molecule has 104 valence electrons. The maximum Gasteiger partial charge on any atom is 0.0124 e. The molecule has 3 aliphatic rings. The number of hydrogen-bond donors (Lipinski definition) is 1. The summed E-state index contributed by atoms with van der Waals surface area (Å²) < 4.78 is 0. The molecule has 0 amide bonds. The fourth-order valence-corrected chi connectivity index (χ4v) is 4.07. The molecule has 3 rings (SSSR count). The molecule has 1 heterocycles. The van der Waals surface area contributed by atoms with Crippen LogP contribution in [0.25, 0.3) is 0 Å². The van der Waals surface area contributed by atoms with Crippen LogP contribution in [-0.2, 0) is 0 Å². The first kappa shape index (κ1) is 12.9. The van der Waals surface area contributed by atoms with Gasteiger partial charge < -0.3 is 5.32 Å². The van der Waals surface area contributed by atoms with Gasteiger partial charge in [-0.3, -0.25) is 4.90 Å². The van der Waals surface area contributed by atoms with E-state index in [1.54, 1.807) is 0 Å². The first-order valence-corrected chi connectivity index (χ1v) is 8.30. The average Bonchev–Trinajstić information content (AvgIpc) is 3.21. The van der Waals surface area contributed by atoms with E-state index in [4.69, 9.17) is 0 Å². The van der Waals surface area contributed by atoms with E-state index in [2.05, 4.69) is 17.1 Å². The normalized spacial score (nSPS) is 35.2. The molecular weight excluding hydrogens is 220 g/mol. The van der Waals surface area contributed by atoms with Crippen LogP contribution in [0.1, 0.15) is 58.3 Å². The lowest BCUT2D eigenvalue weighted by Gasteiger charge is -2.45. The van der Waals surface area contributed by atoms with Gasteiger partial charge >= 0.3 is 0 Å². The molecule has 1 N–H and O–H groups in total. The minimum Gasteiger partial charge on any atom is -0.314 e. The third kappa shape index (κ3) is 3.27. The van der Waals surface area contributed by atoms with Crippen molar-refractivity contribution in [2.75, 3.05) is 19.6 Å². The second kappa shape index (κ2) is 5.92. The predicted octanol–water partition coefficient (Wildman–Crippen LogP) is 3.03. The Morgan fingerprint density at radius 1 is 1.06 bits per heavy atom. The summed E-state index contributed by atoms with van der Waals surface area (Å²) in [5, 5.41) is 3.69. The largest absolute Gasteiger partial charge is 0.314 e. The summed E-state index contributed by atoms with van der Waals surface area (Å²) in [6.45, 7) is 6.37. The molecule has 3 fully saturated rings. The second-order valence-electron chi connectivity index (χ2n) is 7.04. The lowest BCUT2D eigenvalue weighted by Crippen LogP contribution is -2.49. The van der Waals surface area contributed by atoms with Crippen LogP contribution < -0.4 is 5.32 Å². The molecule has 3 unspecified atom stereocenters. The van der Waals surface area contributed by atoms with Crippen molar-refractivity contribution in [2.24, 2.45) is 11.8 Å². The Hall–Kier alpha value is -0.0800. The van der Waals surface area contributed by atoms with Gasteiger partial charge in [-0.15, -0.1) is 0 Å². The molecule has 2 nitrogen and oxygen atoms in total. The van der Waals surface area contributed by atoms with Gasteiger partial charge in [0.1, 0.15) is 0 Å². The van der Waals surface area contributed by atoms with E-state index in [0.717, 1.165) is 23.9 Å². The molecule has 0 aromatic carbocycles. The van der Waals surface area contributed by atoms with Gasteiger partial charge in [0.2, 0.25) is 0 Å². The summed E-state index contributed by atoms with van der Waals surface area (Å²) in [5.74, 6) is 1.86. The number of likely N-dealkylation sites (tertiary alicyclic amines) is 1. The number of nitrogens with zero attached hydrogens (tertiary/aromatic N) is 1. The molecule has 0 radical (unpaired) electrons. The van der Waals surface area contributed by atoms with E-state index < -0.39 is 0 Å². The summed E-state index contributed by atoms with van der Waals surface area (Å²) in [5.41, 5.74) is 0. The highest BCUT2D eigenvalue weighted by Crippen LogP contribution is 2.35.